The van der Waals surface area contributed by atoms with Gasteiger partial charge in [0.2, 0.25) is 5.91 Å². The van der Waals surface area contributed by atoms with Gasteiger partial charge in [-0.1, -0.05) is 48.5 Å². The maximum Gasteiger partial charge on any atom is 0.223 e. The van der Waals surface area contributed by atoms with Crippen LogP contribution in [0.15, 0.2) is 66.9 Å². The van der Waals surface area contributed by atoms with E-state index < -0.39 is 0 Å². The van der Waals surface area contributed by atoms with E-state index in [2.05, 4.69) is 5.32 Å². The van der Waals surface area contributed by atoms with Gasteiger partial charge in [-0.15, -0.1) is 0 Å². The van der Waals surface area contributed by atoms with Crippen molar-refractivity contribution in [2.24, 2.45) is 11.7 Å². The SMILES string of the molecule is NC1CCC(C(=O)NCc2cn(-c3ccccc3)nc2-c2ccccc2)C1. The van der Waals surface area contributed by atoms with E-state index in [0.29, 0.717) is 6.54 Å². The van der Waals surface area contributed by atoms with E-state index in [9.17, 15) is 4.79 Å². The molecule has 2 atom stereocenters. The average molecular weight is 360 g/mol. The molecule has 5 heteroatoms. The van der Waals surface area contributed by atoms with Gasteiger partial charge in [-0.3, -0.25) is 4.79 Å². The minimum absolute atomic E-state index is 0.0318. The molecule has 1 aliphatic rings. The van der Waals surface area contributed by atoms with E-state index in [0.717, 1.165) is 41.8 Å². The summed E-state index contributed by atoms with van der Waals surface area (Å²) in [5.74, 6) is 0.124. The number of aromatic nitrogens is 2. The zero-order valence-electron chi connectivity index (χ0n) is 15.2. The van der Waals surface area contributed by atoms with Crippen LogP contribution in [0.4, 0.5) is 0 Å². The second kappa shape index (κ2) is 7.76. The van der Waals surface area contributed by atoms with E-state index in [4.69, 9.17) is 10.8 Å². The third-order valence-corrected chi connectivity index (χ3v) is 5.16. The van der Waals surface area contributed by atoms with Crippen LogP contribution in [0.2, 0.25) is 0 Å². The lowest BCUT2D eigenvalue weighted by molar-refractivity contribution is -0.125. The van der Waals surface area contributed by atoms with Crippen LogP contribution in [-0.2, 0) is 11.3 Å². The Hall–Kier alpha value is -2.92. The Balaban J connectivity index is 1.58. The third-order valence-electron chi connectivity index (χ3n) is 5.16. The number of nitrogens with two attached hydrogens (primary N) is 1. The molecule has 2 unspecified atom stereocenters. The minimum Gasteiger partial charge on any atom is -0.352 e. The summed E-state index contributed by atoms with van der Waals surface area (Å²) in [5, 5.41) is 7.87. The van der Waals surface area contributed by atoms with Crippen molar-refractivity contribution in [3.8, 4) is 16.9 Å². The Morgan fingerprint density at radius 1 is 1.07 bits per heavy atom. The predicted octanol–water partition coefficient (Wildman–Crippen LogP) is 3.28. The molecule has 0 spiro atoms. The number of nitrogens with one attached hydrogen (secondary N) is 1. The molecule has 3 N–H and O–H groups in total. The Labute approximate surface area is 159 Å². The number of para-hydroxylation sites is 1. The van der Waals surface area contributed by atoms with Crippen LogP contribution in [0.25, 0.3) is 16.9 Å². The first-order valence-corrected chi connectivity index (χ1v) is 9.43. The largest absolute Gasteiger partial charge is 0.352 e. The first-order valence-electron chi connectivity index (χ1n) is 9.43. The lowest BCUT2D eigenvalue weighted by Crippen LogP contribution is -2.30. The molecule has 3 aromatic rings. The van der Waals surface area contributed by atoms with Crippen molar-refractivity contribution < 1.29 is 4.79 Å². The molecule has 1 saturated carbocycles. The maximum atomic E-state index is 12.5. The smallest absolute Gasteiger partial charge is 0.223 e. The number of amides is 1. The number of nitrogens with zero attached hydrogens (tertiary/aromatic N) is 2. The Morgan fingerprint density at radius 2 is 1.78 bits per heavy atom. The number of hydrogen-bond donors (Lipinski definition) is 2. The highest BCUT2D eigenvalue weighted by Crippen LogP contribution is 2.26. The standard InChI is InChI=1S/C22H24N4O/c23-19-12-11-17(13-19)22(27)24-14-18-15-26(20-9-5-2-6-10-20)25-21(18)16-7-3-1-4-8-16/h1-10,15,17,19H,11-14,23H2,(H,24,27). The molecular formula is C22H24N4O. The van der Waals surface area contributed by atoms with Gasteiger partial charge in [-0.05, 0) is 31.4 Å². The van der Waals surface area contributed by atoms with Crippen molar-refractivity contribution in [1.82, 2.24) is 15.1 Å². The van der Waals surface area contributed by atoms with Crippen LogP contribution in [0.3, 0.4) is 0 Å². The number of carbonyl (C=O) groups is 1. The van der Waals surface area contributed by atoms with E-state index >= 15 is 0 Å². The normalized spacial score (nSPS) is 19.1. The molecule has 138 valence electrons. The van der Waals surface area contributed by atoms with E-state index in [-0.39, 0.29) is 17.9 Å². The maximum absolute atomic E-state index is 12.5. The van der Waals surface area contributed by atoms with Gasteiger partial charge in [0.1, 0.15) is 0 Å². The third kappa shape index (κ3) is 3.93. The second-order valence-corrected chi connectivity index (χ2v) is 7.14. The zero-order valence-corrected chi connectivity index (χ0v) is 15.2. The van der Waals surface area contributed by atoms with Crippen LogP contribution in [0.1, 0.15) is 24.8 Å². The molecule has 0 saturated heterocycles. The first kappa shape index (κ1) is 17.5. The summed E-state index contributed by atoms with van der Waals surface area (Å²) in [5.41, 5.74) is 9.87. The molecule has 5 nitrogen and oxygen atoms in total. The van der Waals surface area contributed by atoms with Crippen LogP contribution in [0.5, 0.6) is 0 Å². The molecule has 0 aliphatic heterocycles. The molecule has 1 heterocycles. The summed E-state index contributed by atoms with van der Waals surface area (Å²) in [4.78, 5) is 12.5. The zero-order chi connectivity index (χ0) is 18.6. The lowest BCUT2D eigenvalue weighted by Gasteiger charge is -2.10. The topological polar surface area (TPSA) is 72.9 Å². The van der Waals surface area contributed by atoms with Crippen LogP contribution in [-0.4, -0.2) is 21.7 Å². The Bertz CT molecular complexity index is 905. The number of benzene rings is 2. The summed E-state index contributed by atoms with van der Waals surface area (Å²) in [6.45, 7) is 0.460. The van der Waals surface area contributed by atoms with Crippen LogP contribution in [0, 0.1) is 5.92 Å². The summed E-state index contributed by atoms with van der Waals surface area (Å²) < 4.78 is 1.87. The summed E-state index contributed by atoms with van der Waals surface area (Å²) >= 11 is 0. The van der Waals surface area contributed by atoms with Gasteiger partial charge in [0, 0.05) is 35.8 Å². The summed E-state index contributed by atoms with van der Waals surface area (Å²) in [6.07, 6.45) is 4.58. The van der Waals surface area contributed by atoms with Gasteiger partial charge in [-0.2, -0.15) is 5.10 Å². The number of hydrogen-bond acceptors (Lipinski definition) is 3. The highest BCUT2D eigenvalue weighted by molar-refractivity contribution is 5.79. The molecule has 1 amide bonds. The molecule has 2 aromatic carbocycles. The monoisotopic (exact) mass is 360 g/mol. The Kier molecular flexibility index (Phi) is 5.03. The minimum atomic E-state index is 0.0318. The molecule has 1 aliphatic carbocycles. The fourth-order valence-corrected chi connectivity index (χ4v) is 3.67. The van der Waals surface area contributed by atoms with Gasteiger partial charge in [0.15, 0.2) is 0 Å². The van der Waals surface area contributed by atoms with Crippen molar-refractivity contribution in [2.45, 2.75) is 31.8 Å². The fourth-order valence-electron chi connectivity index (χ4n) is 3.67. The van der Waals surface area contributed by atoms with Crippen molar-refractivity contribution in [1.29, 1.82) is 0 Å². The van der Waals surface area contributed by atoms with Gasteiger partial charge in [0.05, 0.1) is 11.4 Å². The molecule has 0 radical (unpaired) electrons. The highest BCUT2D eigenvalue weighted by Gasteiger charge is 2.27. The summed E-state index contributed by atoms with van der Waals surface area (Å²) in [7, 11) is 0. The van der Waals surface area contributed by atoms with Gasteiger partial charge >= 0.3 is 0 Å². The molecule has 0 bridgehead atoms. The quantitative estimate of drug-likeness (QED) is 0.733. The molecule has 27 heavy (non-hydrogen) atoms. The van der Waals surface area contributed by atoms with Crippen molar-refractivity contribution in [2.75, 3.05) is 0 Å². The van der Waals surface area contributed by atoms with Crippen LogP contribution >= 0.6 is 0 Å². The van der Waals surface area contributed by atoms with Crippen molar-refractivity contribution in [3.63, 3.8) is 0 Å². The predicted molar refractivity (Wildman–Crippen MR) is 106 cm³/mol. The second-order valence-electron chi connectivity index (χ2n) is 7.14. The van der Waals surface area contributed by atoms with E-state index in [1.807, 2.05) is 71.5 Å². The molecular weight excluding hydrogens is 336 g/mol. The average Bonchev–Trinajstić information content (AvgIpc) is 3.34. The van der Waals surface area contributed by atoms with E-state index in [1.54, 1.807) is 0 Å². The van der Waals surface area contributed by atoms with E-state index in [1.165, 1.54) is 0 Å². The number of rotatable bonds is 5. The Morgan fingerprint density at radius 3 is 2.44 bits per heavy atom. The molecule has 1 fully saturated rings. The summed E-state index contributed by atoms with van der Waals surface area (Å²) in [6, 6.07) is 20.2. The van der Waals surface area contributed by atoms with Crippen LogP contribution < -0.4 is 11.1 Å². The molecule has 1 aromatic heterocycles. The lowest BCUT2D eigenvalue weighted by atomic mass is 10.1. The fraction of sp³-hybridized carbons (Fsp3) is 0.273. The molecule has 4 rings (SSSR count). The van der Waals surface area contributed by atoms with Crippen molar-refractivity contribution >= 4 is 5.91 Å². The van der Waals surface area contributed by atoms with Gasteiger partial charge in [-0.25, -0.2) is 4.68 Å². The number of carbonyl (C=O) groups excluding carboxylic acids is 1. The highest BCUT2D eigenvalue weighted by atomic mass is 16.1. The van der Waals surface area contributed by atoms with Gasteiger partial charge < -0.3 is 11.1 Å². The first-order chi connectivity index (χ1) is 13.2. The van der Waals surface area contributed by atoms with Crippen molar-refractivity contribution in [3.05, 3.63) is 72.4 Å². The van der Waals surface area contributed by atoms with Gasteiger partial charge in [0.25, 0.3) is 0 Å².